The molecule has 0 aliphatic rings. The zero-order chi connectivity index (χ0) is 14.5. The molecule has 2 rings (SSSR count). The summed E-state index contributed by atoms with van der Waals surface area (Å²) in [5, 5.41) is 0. The molecule has 2 nitrogen and oxygen atoms in total. The Hall–Kier alpha value is -0.910. The van der Waals surface area contributed by atoms with Gasteiger partial charge in [-0.1, -0.05) is 24.3 Å². The molecule has 0 saturated heterocycles. The second kappa shape index (κ2) is 7.20. The van der Waals surface area contributed by atoms with Gasteiger partial charge in [0.1, 0.15) is 18.2 Å². The second-order valence-electron chi connectivity index (χ2n) is 4.27. The fourth-order valence-corrected chi connectivity index (χ4v) is 2.78. The quantitative estimate of drug-likeness (QED) is 0.802. The minimum atomic E-state index is -0.291. The maximum atomic E-state index is 13.5. The van der Waals surface area contributed by atoms with Crippen LogP contribution in [0.25, 0.3) is 0 Å². The lowest BCUT2D eigenvalue weighted by Crippen LogP contribution is -2.06. The summed E-state index contributed by atoms with van der Waals surface area (Å²) < 4.78 is 20.6. The Bertz CT molecular complexity index is 604. The SMILES string of the molecule is NCCc1cccc(Br)c1OCc1cccc(F)c1Br. The van der Waals surface area contributed by atoms with Gasteiger partial charge in [-0.2, -0.15) is 0 Å². The summed E-state index contributed by atoms with van der Waals surface area (Å²) in [6.45, 7) is 0.842. The van der Waals surface area contributed by atoms with Crippen LogP contribution in [0.4, 0.5) is 4.39 Å². The van der Waals surface area contributed by atoms with Gasteiger partial charge in [-0.3, -0.25) is 0 Å². The van der Waals surface area contributed by atoms with Crippen LogP contribution in [0.1, 0.15) is 11.1 Å². The van der Waals surface area contributed by atoms with E-state index in [9.17, 15) is 4.39 Å². The number of hydrogen-bond acceptors (Lipinski definition) is 2. The highest BCUT2D eigenvalue weighted by atomic mass is 79.9. The van der Waals surface area contributed by atoms with Gasteiger partial charge in [0.2, 0.25) is 0 Å². The Morgan fingerprint density at radius 1 is 1.05 bits per heavy atom. The van der Waals surface area contributed by atoms with Crippen molar-refractivity contribution in [2.45, 2.75) is 13.0 Å². The smallest absolute Gasteiger partial charge is 0.137 e. The first-order valence-electron chi connectivity index (χ1n) is 6.16. The number of rotatable bonds is 5. The fourth-order valence-electron chi connectivity index (χ4n) is 1.88. The summed E-state index contributed by atoms with van der Waals surface area (Å²) in [6.07, 6.45) is 0.735. The molecule has 0 heterocycles. The molecule has 2 aromatic carbocycles. The predicted molar refractivity (Wildman–Crippen MR) is 85.3 cm³/mol. The molecule has 0 bridgehead atoms. The van der Waals surface area contributed by atoms with Crippen LogP contribution in [-0.2, 0) is 13.0 Å². The Balaban J connectivity index is 2.20. The molecule has 2 N–H and O–H groups in total. The van der Waals surface area contributed by atoms with E-state index in [0.29, 0.717) is 17.6 Å². The Morgan fingerprint density at radius 2 is 1.75 bits per heavy atom. The summed E-state index contributed by atoms with van der Waals surface area (Å²) in [7, 11) is 0. The maximum Gasteiger partial charge on any atom is 0.137 e. The number of nitrogens with two attached hydrogens (primary N) is 1. The molecule has 0 unspecified atom stereocenters. The standard InChI is InChI=1S/C15H14Br2FNO/c16-12-5-1-3-10(7-8-19)15(12)20-9-11-4-2-6-13(18)14(11)17/h1-6H,7-9,19H2. The highest BCUT2D eigenvalue weighted by Crippen LogP contribution is 2.31. The van der Waals surface area contributed by atoms with E-state index >= 15 is 0 Å². The molecule has 0 aliphatic carbocycles. The lowest BCUT2D eigenvalue weighted by molar-refractivity contribution is 0.299. The fraction of sp³-hybridized carbons (Fsp3) is 0.200. The number of para-hydroxylation sites is 1. The molecule has 0 atom stereocenters. The van der Waals surface area contributed by atoms with Crippen molar-refractivity contribution in [3.05, 3.63) is 62.3 Å². The highest BCUT2D eigenvalue weighted by molar-refractivity contribution is 9.10. The van der Waals surface area contributed by atoms with Gasteiger partial charge >= 0.3 is 0 Å². The normalized spacial score (nSPS) is 10.6. The molecule has 20 heavy (non-hydrogen) atoms. The van der Waals surface area contributed by atoms with Crippen LogP contribution in [0, 0.1) is 5.82 Å². The van der Waals surface area contributed by atoms with Crippen LogP contribution < -0.4 is 10.5 Å². The van der Waals surface area contributed by atoms with Crippen molar-refractivity contribution in [3.8, 4) is 5.75 Å². The van der Waals surface area contributed by atoms with Gasteiger partial charge in [-0.15, -0.1) is 0 Å². The first-order valence-corrected chi connectivity index (χ1v) is 7.75. The summed E-state index contributed by atoms with van der Waals surface area (Å²) in [5.74, 6) is 0.467. The third-order valence-corrected chi connectivity index (χ3v) is 4.38. The molecular weight excluding hydrogens is 389 g/mol. The van der Waals surface area contributed by atoms with Gasteiger partial charge in [0.15, 0.2) is 0 Å². The number of halogens is 3. The Kier molecular flexibility index (Phi) is 5.57. The van der Waals surface area contributed by atoms with Gasteiger partial charge in [0, 0.05) is 5.56 Å². The molecule has 5 heteroatoms. The topological polar surface area (TPSA) is 35.2 Å². The molecule has 0 radical (unpaired) electrons. The van der Waals surface area contributed by atoms with Crippen molar-refractivity contribution < 1.29 is 9.13 Å². The van der Waals surface area contributed by atoms with E-state index in [0.717, 1.165) is 27.8 Å². The van der Waals surface area contributed by atoms with Crippen LogP contribution >= 0.6 is 31.9 Å². The third-order valence-electron chi connectivity index (χ3n) is 2.87. The van der Waals surface area contributed by atoms with E-state index < -0.39 is 0 Å². The van der Waals surface area contributed by atoms with E-state index in [1.807, 2.05) is 24.3 Å². The predicted octanol–water partition coefficient (Wildman–Crippen LogP) is 4.43. The molecule has 0 spiro atoms. The molecule has 0 aliphatic heterocycles. The van der Waals surface area contributed by atoms with Crippen LogP contribution in [0.3, 0.4) is 0 Å². The lowest BCUT2D eigenvalue weighted by Gasteiger charge is -2.14. The monoisotopic (exact) mass is 401 g/mol. The van der Waals surface area contributed by atoms with Crippen LogP contribution in [0.2, 0.25) is 0 Å². The van der Waals surface area contributed by atoms with Gasteiger partial charge in [0.25, 0.3) is 0 Å². The van der Waals surface area contributed by atoms with Gasteiger partial charge in [-0.05, 0) is 62.5 Å². The third kappa shape index (κ3) is 3.59. The molecule has 106 valence electrons. The van der Waals surface area contributed by atoms with Gasteiger partial charge in [-0.25, -0.2) is 4.39 Å². The lowest BCUT2D eigenvalue weighted by atomic mass is 10.1. The average Bonchev–Trinajstić information content (AvgIpc) is 2.43. The van der Waals surface area contributed by atoms with E-state index in [1.54, 1.807) is 6.07 Å². The van der Waals surface area contributed by atoms with E-state index in [4.69, 9.17) is 10.5 Å². The number of hydrogen-bond donors (Lipinski definition) is 1. The average molecular weight is 403 g/mol. The minimum Gasteiger partial charge on any atom is -0.487 e. The van der Waals surface area contributed by atoms with Gasteiger partial charge in [0.05, 0.1) is 8.95 Å². The van der Waals surface area contributed by atoms with Crippen molar-refractivity contribution >= 4 is 31.9 Å². The van der Waals surface area contributed by atoms with Crippen LogP contribution in [-0.4, -0.2) is 6.54 Å². The van der Waals surface area contributed by atoms with Crippen molar-refractivity contribution in [1.82, 2.24) is 0 Å². The summed E-state index contributed by atoms with van der Waals surface area (Å²) >= 11 is 6.71. The molecule has 0 aromatic heterocycles. The van der Waals surface area contributed by atoms with Crippen molar-refractivity contribution in [2.24, 2.45) is 5.73 Å². The van der Waals surface area contributed by atoms with Crippen molar-refractivity contribution in [1.29, 1.82) is 0 Å². The first-order chi connectivity index (χ1) is 9.63. The summed E-state index contributed by atoms with van der Waals surface area (Å²) in [5.41, 5.74) is 7.40. The van der Waals surface area contributed by atoms with E-state index in [2.05, 4.69) is 31.9 Å². The van der Waals surface area contributed by atoms with E-state index in [1.165, 1.54) is 6.07 Å². The second-order valence-corrected chi connectivity index (χ2v) is 5.92. The van der Waals surface area contributed by atoms with Crippen LogP contribution in [0.15, 0.2) is 45.3 Å². The van der Waals surface area contributed by atoms with E-state index in [-0.39, 0.29) is 5.82 Å². The molecule has 0 amide bonds. The molecular formula is C15H14Br2FNO. The maximum absolute atomic E-state index is 13.5. The molecule has 2 aromatic rings. The van der Waals surface area contributed by atoms with Crippen molar-refractivity contribution in [3.63, 3.8) is 0 Å². The Labute approximate surface area is 134 Å². The van der Waals surface area contributed by atoms with Crippen molar-refractivity contribution in [2.75, 3.05) is 6.54 Å². The largest absolute Gasteiger partial charge is 0.487 e. The summed E-state index contributed by atoms with van der Waals surface area (Å²) in [6, 6.07) is 10.7. The molecule has 0 fully saturated rings. The Morgan fingerprint density at radius 3 is 2.50 bits per heavy atom. The van der Waals surface area contributed by atoms with Gasteiger partial charge < -0.3 is 10.5 Å². The summed E-state index contributed by atoms with van der Waals surface area (Å²) in [4.78, 5) is 0. The zero-order valence-corrected chi connectivity index (χ0v) is 13.9. The number of ether oxygens (including phenoxy) is 1. The highest BCUT2D eigenvalue weighted by Gasteiger charge is 2.10. The minimum absolute atomic E-state index is 0.290. The number of benzene rings is 2. The van der Waals surface area contributed by atoms with Crippen LogP contribution in [0.5, 0.6) is 5.75 Å². The molecule has 0 saturated carbocycles. The zero-order valence-electron chi connectivity index (χ0n) is 10.7. The first kappa shape index (κ1) is 15.5.